The summed E-state index contributed by atoms with van der Waals surface area (Å²) in [4.78, 5) is 11.5. The number of halogens is 4. The zero-order valence-corrected chi connectivity index (χ0v) is 12.7. The van der Waals surface area contributed by atoms with Crippen LogP contribution in [0.1, 0.15) is 32.8 Å². The van der Waals surface area contributed by atoms with Gasteiger partial charge in [-0.3, -0.25) is 4.79 Å². The van der Waals surface area contributed by atoms with Gasteiger partial charge in [-0.2, -0.15) is 13.2 Å². The molecule has 0 fully saturated rings. The molecule has 0 aromatic heterocycles. The van der Waals surface area contributed by atoms with E-state index in [2.05, 4.69) is 5.32 Å². The first kappa shape index (κ1) is 17.6. The van der Waals surface area contributed by atoms with Crippen LogP contribution in [0.5, 0.6) is 0 Å². The smallest absolute Gasteiger partial charge is 0.416 e. The molecule has 0 radical (unpaired) electrons. The molecule has 1 N–H and O–H groups in total. The zero-order valence-electron chi connectivity index (χ0n) is 12.0. The van der Waals surface area contributed by atoms with Crippen LogP contribution < -0.4 is 5.32 Å². The molecule has 0 aliphatic rings. The second-order valence-electron chi connectivity index (χ2n) is 5.46. The number of esters is 1. The van der Waals surface area contributed by atoms with Gasteiger partial charge in [-0.15, -0.1) is 0 Å². The number of alkyl halides is 3. The fourth-order valence-corrected chi connectivity index (χ4v) is 1.71. The van der Waals surface area contributed by atoms with E-state index in [1.54, 1.807) is 20.8 Å². The summed E-state index contributed by atoms with van der Waals surface area (Å²) >= 11 is 5.82. The fourth-order valence-electron chi connectivity index (χ4n) is 1.53. The number of anilines is 1. The summed E-state index contributed by atoms with van der Waals surface area (Å²) in [6.45, 7) is 5.35. The van der Waals surface area contributed by atoms with E-state index in [1.807, 2.05) is 0 Å². The molecule has 21 heavy (non-hydrogen) atoms. The van der Waals surface area contributed by atoms with Crippen LogP contribution in [0.3, 0.4) is 0 Å². The van der Waals surface area contributed by atoms with Gasteiger partial charge in [-0.05, 0) is 39.0 Å². The van der Waals surface area contributed by atoms with Crippen molar-refractivity contribution in [2.75, 3.05) is 11.9 Å². The number of carbonyl (C=O) groups is 1. The Bertz CT molecular complexity index is 510. The number of hydrogen-bond acceptors (Lipinski definition) is 3. The van der Waals surface area contributed by atoms with Gasteiger partial charge in [0.15, 0.2) is 0 Å². The maximum atomic E-state index is 12.6. The van der Waals surface area contributed by atoms with E-state index in [0.717, 1.165) is 12.1 Å². The molecule has 3 nitrogen and oxygen atoms in total. The highest BCUT2D eigenvalue weighted by Gasteiger charge is 2.30. The van der Waals surface area contributed by atoms with Crippen LogP contribution in [-0.2, 0) is 15.7 Å². The van der Waals surface area contributed by atoms with Crippen molar-refractivity contribution in [2.45, 2.75) is 39.0 Å². The number of nitrogens with one attached hydrogen (secondary N) is 1. The van der Waals surface area contributed by atoms with E-state index in [0.29, 0.717) is 0 Å². The molecule has 0 saturated carbocycles. The van der Waals surface area contributed by atoms with Crippen LogP contribution in [0.2, 0.25) is 5.02 Å². The third-order valence-corrected chi connectivity index (χ3v) is 2.69. The summed E-state index contributed by atoms with van der Waals surface area (Å²) in [5.41, 5.74) is -1.26. The molecule has 0 aliphatic heterocycles. The van der Waals surface area contributed by atoms with Crippen molar-refractivity contribution in [3.05, 3.63) is 28.8 Å². The molecule has 1 rings (SSSR count). The van der Waals surface area contributed by atoms with Crippen molar-refractivity contribution >= 4 is 23.3 Å². The Morgan fingerprint density at radius 1 is 1.29 bits per heavy atom. The Hall–Kier alpha value is -1.43. The largest absolute Gasteiger partial charge is 0.460 e. The number of benzene rings is 1. The van der Waals surface area contributed by atoms with Gasteiger partial charge in [0.05, 0.1) is 22.7 Å². The third-order valence-electron chi connectivity index (χ3n) is 2.36. The Labute approximate surface area is 126 Å². The first-order chi connectivity index (χ1) is 9.49. The molecule has 118 valence electrons. The van der Waals surface area contributed by atoms with Crippen LogP contribution >= 0.6 is 11.6 Å². The summed E-state index contributed by atoms with van der Waals surface area (Å²) in [7, 11) is 0. The lowest BCUT2D eigenvalue weighted by Gasteiger charge is -2.19. The molecule has 0 heterocycles. The zero-order chi connectivity index (χ0) is 16.3. The fraction of sp³-hybridized carbons (Fsp3) is 0.500. The number of rotatable bonds is 4. The molecule has 0 bridgehead atoms. The molecule has 1 aromatic carbocycles. The second-order valence-corrected chi connectivity index (χ2v) is 5.86. The van der Waals surface area contributed by atoms with Crippen LogP contribution in [0.4, 0.5) is 18.9 Å². The first-order valence-corrected chi connectivity index (χ1v) is 6.69. The van der Waals surface area contributed by atoms with E-state index in [1.165, 1.54) is 6.07 Å². The van der Waals surface area contributed by atoms with Crippen molar-refractivity contribution in [1.29, 1.82) is 0 Å². The predicted octanol–water partition coefficient (Wildman–Crippen LogP) is 4.50. The van der Waals surface area contributed by atoms with E-state index in [-0.39, 0.29) is 23.7 Å². The van der Waals surface area contributed by atoms with Crippen molar-refractivity contribution in [3.8, 4) is 0 Å². The molecule has 0 unspecified atom stereocenters. The Balaban J connectivity index is 2.62. The molecule has 0 atom stereocenters. The highest BCUT2D eigenvalue weighted by atomic mass is 35.5. The number of ether oxygens (including phenoxy) is 1. The normalized spacial score (nSPS) is 12.1. The molecular weight excluding hydrogens is 307 g/mol. The average Bonchev–Trinajstić information content (AvgIpc) is 2.27. The summed E-state index contributed by atoms with van der Waals surface area (Å²) in [5.74, 6) is -0.432. The SMILES string of the molecule is CC(C)(C)OC(=O)CCNc1cc(C(F)(F)F)ccc1Cl. The topological polar surface area (TPSA) is 38.3 Å². The number of carbonyl (C=O) groups excluding carboxylic acids is 1. The van der Waals surface area contributed by atoms with Gasteiger partial charge in [0.1, 0.15) is 5.60 Å². The summed E-state index contributed by atoms with van der Waals surface area (Å²) in [5, 5.41) is 2.87. The average molecular weight is 324 g/mol. The van der Waals surface area contributed by atoms with Crippen molar-refractivity contribution < 1.29 is 22.7 Å². The molecular formula is C14H17ClF3NO2. The standard InChI is InChI=1S/C14H17ClF3NO2/c1-13(2,3)21-12(20)6-7-19-11-8-9(14(16,17)18)4-5-10(11)15/h4-5,8,19H,6-7H2,1-3H3. The van der Waals surface area contributed by atoms with E-state index in [4.69, 9.17) is 16.3 Å². The van der Waals surface area contributed by atoms with Gasteiger partial charge in [0, 0.05) is 6.54 Å². The molecule has 7 heteroatoms. The molecule has 1 aromatic rings. The van der Waals surface area contributed by atoms with Gasteiger partial charge >= 0.3 is 12.1 Å². The van der Waals surface area contributed by atoms with Gasteiger partial charge in [0.25, 0.3) is 0 Å². The summed E-state index contributed by atoms with van der Waals surface area (Å²) in [6, 6.07) is 2.99. The highest BCUT2D eigenvalue weighted by Crippen LogP contribution is 2.33. The molecule has 0 spiro atoms. The molecule has 0 saturated heterocycles. The Morgan fingerprint density at radius 3 is 2.43 bits per heavy atom. The summed E-state index contributed by atoms with van der Waals surface area (Å²) in [6.07, 6.45) is -4.41. The monoisotopic (exact) mass is 323 g/mol. The van der Waals surface area contributed by atoms with Crippen LogP contribution in [0, 0.1) is 0 Å². The Kier molecular flexibility index (Phi) is 5.50. The van der Waals surface area contributed by atoms with Crippen LogP contribution in [0.25, 0.3) is 0 Å². The minimum atomic E-state index is -4.44. The van der Waals surface area contributed by atoms with Crippen molar-refractivity contribution in [3.63, 3.8) is 0 Å². The van der Waals surface area contributed by atoms with Crippen LogP contribution in [0.15, 0.2) is 18.2 Å². The molecule has 0 amide bonds. The maximum absolute atomic E-state index is 12.6. The lowest BCUT2D eigenvalue weighted by molar-refractivity contribution is -0.154. The number of hydrogen-bond donors (Lipinski definition) is 1. The minimum absolute atomic E-state index is 0.0316. The lowest BCUT2D eigenvalue weighted by atomic mass is 10.2. The second kappa shape index (κ2) is 6.56. The predicted molar refractivity (Wildman–Crippen MR) is 75.4 cm³/mol. The Morgan fingerprint density at radius 2 is 1.90 bits per heavy atom. The minimum Gasteiger partial charge on any atom is -0.460 e. The van der Waals surface area contributed by atoms with Gasteiger partial charge in [0.2, 0.25) is 0 Å². The summed E-state index contributed by atoms with van der Waals surface area (Å²) < 4.78 is 42.9. The van der Waals surface area contributed by atoms with E-state index < -0.39 is 23.3 Å². The van der Waals surface area contributed by atoms with Gasteiger partial charge < -0.3 is 10.1 Å². The third kappa shape index (κ3) is 6.25. The van der Waals surface area contributed by atoms with Crippen molar-refractivity contribution in [1.82, 2.24) is 0 Å². The quantitative estimate of drug-likeness (QED) is 0.829. The first-order valence-electron chi connectivity index (χ1n) is 6.31. The van der Waals surface area contributed by atoms with Gasteiger partial charge in [-0.1, -0.05) is 11.6 Å². The highest BCUT2D eigenvalue weighted by molar-refractivity contribution is 6.33. The van der Waals surface area contributed by atoms with E-state index in [9.17, 15) is 18.0 Å². The molecule has 0 aliphatic carbocycles. The van der Waals surface area contributed by atoms with Crippen LogP contribution in [-0.4, -0.2) is 18.1 Å². The van der Waals surface area contributed by atoms with Gasteiger partial charge in [-0.25, -0.2) is 0 Å². The van der Waals surface area contributed by atoms with E-state index >= 15 is 0 Å². The van der Waals surface area contributed by atoms with Crippen molar-refractivity contribution in [2.24, 2.45) is 0 Å². The maximum Gasteiger partial charge on any atom is 0.416 e. The lowest BCUT2D eigenvalue weighted by Crippen LogP contribution is -2.25.